The number of alkyl halides is 1. The maximum absolute atomic E-state index is 11.8. The molecule has 1 aromatic carbocycles. The standard InChI is InChI=1S/C15H18ClNO2/c1-3-6-17-12-5-4-10(8-13(12)19-15(17)18)14(16)11-7-9(11)2/h4-5,8-9,11,14H,3,6-7H2,1-2H3. The molecule has 0 radical (unpaired) electrons. The number of hydrogen-bond donors (Lipinski definition) is 0. The first kappa shape index (κ1) is 12.8. The Morgan fingerprint density at radius 2 is 2.26 bits per heavy atom. The van der Waals surface area contributed by atoms with E-state index in [4.69, 9.17) is 16.0 Å². The van der Waals surface area contributed by atoms with Crippen LogP contribution in [0.1, 0.15) is 37.6 Å². The molecule has 1 fully saturated rings. The third kappa shape index (κ3) is 2.20. The molecule has 102 valence electrons. The molecule has 0 amide bonds. The van der Waals surface area contributed by atoms with E-state index in [9.17, 15) is 4.79 Å². The Balaban J connectivity index is 2.00. The average Bonchev–Trinajstić information content (AvgIpc) is 3.04. The molecule has 1 aliphatic carbocycles. The predicted molar refractivity (Wildman–Crippen MR) is 76.6 cm³/mol. The van der Waals surface area contributed by atoms with Crippen molar-refractivity contribution in [2.45, 2.75) is 38.6 Å². The van der Waals surface area contributed by atoms with E-state index in [2.05, 4.69) is 6.92 Å². The van der Waals surface area contributed by atoms with Crippen LogP contribution in [0.3, 0.4) is 0 Å². The minimum atomic E-state index is -0.278. The van der Waals surface area contributed by atoms with Gasteiger partial charge in [0.2, 0.25) is 0 Å². The van der Waals surface area contributed by atoms with E-state index in [1.165, 1.54) is 6.42 Å². The SMILES string of the molecule is CCCn1c(=O)oc2cc(C(Cl)C3CC3C)ccc21. The molecule has 1 aliphatic rings. The van der Waals surface area contributed by atoms with Gasteiger partial charge in [0.15, 0.2) is 5.58 Å². The summed E-state index contributed by atoms with van der Waals surface area (Å²) in [7, 11) is 0. The maximum Gasteiger partial charge on any atom is 0.419 e. The van der Waals surface area contributed by atoms with Gasteiger partial charge in [-0.25, -0.2) is 4.79 Å². The lowest BCUT2D eigenvalue weighted by Gasteiger charge is -2.08. The highest BCUT2D eigenvalue weighted by Crippen LogP contribution is 2.50. The van der Waals surface area contributed by atoms with Crippen molar-refractivity contribution in [3.63, 3.8) is 0 Å². The minimum Gasteiger partial charge on any atom is -0.408 e. The summed E-state index contributed by atoms with van der Waals surface area (Å²) in [5, 5.41) is 0.0271. The molecule has 0 aliphatic heterocycles. The van der Waals surface area contributed by atoms with Crippen molar-refractivity contribution in [3.8, 4) is 0 Å². The number of halogens is 1. The van der Waals surface area contributed by atoms with Crippen molar-refractivity contribution in [1.82, 2.24) is 4.57 Å². The van der Waals surface area contributed by atoms with Crippen molar-refractivity contribution in [2.75, 3.05) is 0 Å². The first-order valence-electron chi connectivity index (χ1n) is 6.89. The number of oxazole rings is 1. The molecule has 4 heteroatoms. The van der Waals surface area contributed by atoms with Crippen molar-refractivity contribution >= 4 is 22.7 Å². The number of rotatable bonds is 4. The fraction of sp³-hybridized carbons (Fsp3) is 0.533. The van der Waals surface area contributed by atoms with Crippen LogP contribution in [0.4, 0.5) is 0 Å². The molecule has 2 aromatic rings. The summed E-state index contributed by atoms with van der Waals surface area (Å²) < 4.78 is 7.00. The van der Waals surface area contributed by atoms with E-state index in [1.54, 1.807) is 4.57 Å². The predicted octanol–water partition coefficient (Wildman–Crippen LogP) is 3.94. The Hall–Kier alpha value is -1.22. The van der Waals surface area contributed by atoms with Gasteiger partial charge in [-0.3, -0.25) is 4.57 Å². The second-order valence-electron chi connectivity index (χ2n) is 5.53. The third-order valence-corrected chi connectivity index (χ3v) is 4.58. The zero-order valence-electron chi connectivity index (χ0n) is 11.2. The molecule has 0 bridgehead atoms. The van der Waals surface area contributed by atoms with Crippen LogP contribution in [-0.2, 0) is 6.54 Å². The molecule has 1 heterocycles. The summed E-state index contributed by atoms with van der Waals surface area (Å²) in [5.41, 5.74) is 2.57. The zero-order valence-corrected chi connectivity index (χ0v) is 12.0. The second-order valence-corrected chi connectivity index (χ2v) is 6.00. The Morgan fingerprint density at radius 1 is 1.53 bits per heavy atom. The van der Waals surface area contributed by atoms with Crippen LogP contribution in [0.2, 0.25) is 0 Å². The molecular weight excluding hydrogens is 262 g/mol. The van der Waals surface area contributed by atoms with Gasteiger partial charge in [0, 0.05) is 6.54 Å². The van der Waals surface area contributed by atoms with Gasteiger partial charge in [-0.15, -0.1) is 11.6 Å². The highest BCUT2D eigenvalue weighted by molar-refractivity contribution is 6.21. The van der Waals surface area contributed by atoms with Crippen molar-refractivity contribution in [3.05, 3.63) is 34.3 Å². The van der Waals surface area contributed by atoms with E-state index in [0.717, 1.165) is 17.5 Å². The topological polar surface area (TPSA) is 35.1 Å². The molecule has 0 saturated heterocycles. The van der Waals surface area contributed by atoms with Crippen LogP contribution in [-0.4, -0.2) is 4.57 Å². The van der Waals surface area contributed by atoms with Crippen LogP contribution >= 0.6 is 11.6 Å². The van der Waals surface area contributed by atoms with Gasteiger partial charge in [-0.05, 0) is 42.4 Å². The fourth-order valence-electron chi connectivity index (χ4n) is 2.70. The van der Waals surface area contributed by atoms with E-state index in [-0.39, 0.29) is 11.1 Å². The first-order chi connectivity index (χ1) is 9.11. The first-order valence-corrected chi connectivity index (χ1v) is 7.32. The van der Waals surface area contributed by atoms with Crippen LogP contribution in [0.5, 0.6) is 0 Å². The zero-order chi connectivity index (χ0) is 13.6. The van der Waals surface area contributed by atoms with Crippen molar-refractivity contribution in [2.24, 2.45) is 11.8 Å². The number of nitrogens with zero attached hydrogens (tertiary/aromatic N) is 1. The number of aryl methyl sites for hydroxylation is 1. The van der Waals surface area contributed by atoms with E-state index in [0.29, 0.717) is 24.0 Å². The van der Waals surface area contributed by atoms with E-state index >= 15 is 0 Å². The Morgan fingerprint density at radius 3 is 2.89 bits per heavy atom. The van der Waals surface area contributed by atoms with Gasteiger partial charge in [-0.1, -0.05) is 19.9 Å². The average molecular weight is 280 g/mol. The highest BCUT2D eigenvalue weighted by Gasteiger charge is 2.39. The van der Waals surface area contributed by atoms with Crippen molar-refractivity contribution < 1.29 is 4.42 Å². The van der Waals surface area contributed by atoms with Crippen LogP contribution < -0.4 is 5.76 Å². The third-order valence-electron chi connectivity index (χ3n) is 4.01. The van der Waals surface area contributed by atoms with Gasteiger partial charge in [0.05, 0.1) is 10.9 Å². The van der Waals surface area contributed by atoms with E-state index in [1.807, 2.05) is 25.1 Å². The van der Waals surface area contributed by atoms with Crippen LogP contribution in [0, 0.1) is 11.8 Å². The Bertz CT molecular complexity index is 658. The number of aromatic nitrogens is 1. The molecule has 19 heavy (non-hydrogen) atoms. The largest absolute Gasteiger partial charge is 0.419 e. The number of hydrogen-bond acceptors (Lipinski definition) is 2. The lowest BCUT2D eigenvalue weighted by molar-refractivity contribution is 0.502. The normalized spacial score (nSPS) is 23.7. The van der Waals surface area contributed by atoms with Gasteiger partial charge >= 0.3 is 5.76 Å². The number of benzene rings is 1. The Labute approximate surface area is 117 Å². The van der Waals surface area contributed by atoms with Gasteiger partial charge < -0.3 is 4.42 Å². The Kier molecular flexibility index (Phi) is 3.17. The quantitative estimate of drug-likeness (QED) is 0.795. The van der Waals surface area contributed by atoms with Gasteiger partial charge in [-0.2, -0.15) is 0 Å². The molecule has 1 saturated carbocycles. The molecule has 0 N–H and O–H groups in total. The van der Waals surface area contributed by atoms with Crippen LogP contribution in [0.15, 0.2) is 27.4 Å². The molecule has 0 spiro atoms. The van der Waals surface area contributed by atoms with Gasteiger partial charge in [0.1, 0.15) is 0 Å². The minimum absolute atomic E-state index is 0.0271. The summed E-state index contributed by atoms with van der Waals surface area (Å²) in [5.74, 6) is 0.985. The summed E-state index contributed by atoms with van der Waals surface area (Å²) in [6.07, 6.45) is 2.10. The lowest BCUT2D eigenvalue weighted by atomic mass is 10.1. The maximum atomic E-state index is 11.8. The highest BCUT2D eigenvalue weighted by atomic mass is 35.5. The monoisotopic (exact) mass is 279 g/mol. The van der Waals surface area contributed by atoms with Crippen molar-refractivity contribution in [1.29, 1.82) is 0 Å². The van der Waals surface area contributed by atoms with Crippen LogP contribution in [0.25, 0.3) is 11.1 Å². The second kappa shape index (κ2) is 4.71. The fourth-order valence-corrected chi connectivity index (χ4v) is 3.18. The molecule has 3 nitrogen and oxygen atoms in total. The summed E-state index contributed by atoms with van der Waals surface area (Å²) in [4.78, 5) is 11.8. The smallest absolute Gasteiger partial charge is 0.408 e. The summed E-state index contributed by atoms with van der Waals surface area (Å²) in [6.45, 7) is 4.95. The summed E-state index contributed by atoms with van der Waals surface area (Å²) >= 11 is 6.48. The van der Waals surface area contributed by atoms with E-state index < -0.39 is 0 Å². The lowest BCUT2D eigenvalue weighted by Crippen LogP contribution is -2.13. The summed E-state index contributed by atoms with van der Waals surface area (Å²) in [6, 6.07) is 5.89. The van der Waals surface area contributed by atoms with Gasteiger partial charge in [0.25, 0.3) is 0 Å². The molecule has 1 aromatic heterocycles. The molecular formula is C15H18ClNO2. The molecule has 3 rings (SSSR count). The number of fused-ring (bicyclic) bond motifs is 1. The molecule has 3 atom stereocenters. The molecule has 3 unspecified atom stereocenters.